The van der Waals surface area contributed by atoms with Gasteiger partial charge in [-0.2, -0.15) is 0 Å². The highest BCUT2D eigenvalue weighted by Gasteiger charge is 2.23. The van der Waals surface area contributed by atoms with E-state index in [4.69, 9.17) is 9.15 Å². The lowest BCUT2D eigenvalue weighted by Crippen LogP contribution is -2.22. The average molecular weight is 446 g/mol. The monoisotopic (exact) mass is 446 g/mol. The number of para-hydroxylation sites is 2. The number of benzene rings is 3. The molecule has 0 spiro atoms. The van der Waals surface area contributed by atoms with E-state index in [0.29, 0.717) is 22.6 Å². The van der Waals surface area contributed by atoms with Crippen molar-refractivity contribution in [1.29, 1.82) is 0 Å². The van der Waals surface area contributed by atoms with Crippen LogP contribution in [0.5, 0.6) is 5.75 Å². The van der Waals surface area contributed by atoms with E-state index in [1.165, 1.54) is 23.8 Å². The summed E-state index contributed by atoms with van der Waals surface area (Å²) in [6.45, 7) is 3.94. The summed E-state index contributed by atoms with van der Waals surface area (Å²) in [5, 5.41) is 5.73. The van der Waals surface area contributed by atoms with Crippen molar-refractivity contribution in [3.05, 3.63) is 89.9 Å². The molecule has 4 aromatic rings. The van der Waals surface area contributed by atoms with Gasteiger partial charge in [0.1, 0.15) is 22.8 Å². The van der Waals surface area contributed by atoms with Crippen molar-refractivity contribution in [3.63, 3.8) is 0 Å². The lowest BCUT2D eigenvalue weighted by atomic mass is 10.0. The minimum atomic E-state index is -0.684. The van der Waals surface area contributed by atoms with Gasteiger partial charge in [-0.05, 0) is 47.9 Å². The number of halogens is 1. The Morgan fingerprint density at radius 3 is 2.36 bits per heavy atom. The normalized spacial score (nSPS) is 10.9. The largest absolute Gasteiger partial charge is 0.484 e. The highest BCUT2D eigenvalue weighted by Crippen LogP contribution is 2.31. The van der Waals surface area contributed by atoms with Crippen LogP contribution in [-0.2, 0) is 4.79 Å². The van der Waals surface area contributed by atoms with Crippen LogP contribution in [0.3, 0.4) is 0 Å². The van der Waals surface area contributed by atoms with Gasteiger partial charge in [-0.15, -0.1) is 0 Å². The molecule has 0 radical (unpaired) electrons. The first-order chi connectivity index (χ1) is 15.9. The Balaban J connectivity index is 1.52. The number of fused-ring (bicyclic) bond motifs is 1. The number of rotatable bonds is 7. The third-order valence-electron chi connectivity index (χ3n) is 5.10. The number of carbonyl (C=O) groups is 2. The van der Waals surface area contributed by atoms with E-state index in [1.807, 2.05) is 24.3 Å². The maximum atomic E-state index is 14.0. The highest BCUT2D eigenvalue weighted by atomic mass is 19.1. The molecule has 0 saturated heterocycles. The first-order valence-corrected chi connectivity index (χ1v) is 10.5. The number of hydrogen-bond donors (Lipinski definition) is 2. The van der Waals surface area contributed by atoms with Gasteiger partial charge in [-0.3, -0.25) is 9.59 Å². The van der Waals surface area contributed by atoms with Gasteiger partial charge in [0.15, 0.2) is 6.61 Å². The molecule has 0 aliphatic carbocycles. The SMILES string of the molecule is CC(C)c1ccc(OCC(=O)Nc2c(C(=O)Nc3ccccc3F)oc3ccccc23)cc1. The Labute approximate surface area is 190 Å². The fourth-order valence-corrected chi connectivity index (χ4v) is 3.34. The van der Waals surface area contributed by atoms with Crippen LogP contribution in [0.25, 0.3) is 11.0 Å². The number of amides is 2. The Morgan fingerprint density at radius 1 is 0.939 bits per heavy atom. The van der Waals surface area contributed by atoms with Crippen LogP contribution in [0.4, 0.5) is 15.8 Å². The zero-order chi connectivity index (χ0) is 23.4. The Morgan fingerprint density at radius 2 is 1.64 bits per heavy atom. The predicted octanol–water partition coefficient (Wildman–Crippen LogP) is 5.97. The summed E-state index contributed by atoms with van der Waals surface area (Å²) in [7, 11) is 0. The molecule has 0 aliphatic rings. The molecule has 1 heterocycles. The fourth-order valence-electron chi connectivity index (χ4n) is 3.34. The van der Waals surface area contributed by atoms with Crippen LogP contribution in [0, 0.1) is 5.82 Å². The van der Waals surface area contributed by atoms with Crippen LogP contribution in [0.2, 0.25) is 0 Å². The van der Waals surface area contributed by atoms with Crippen molar-refractivity contribution in [1.82, 2.24) is 0 Å². The summed E-state index contributed by atoms with van der Waals surface area (Å²) in [5.41, 5.74) is 1.79. The first kappa shape index (κ1) is 22.1. The highest BCUT2D eigenvalue weighted by molar-refractivity contribution is 6.14. The maximum Gasteiger partial charge on any atom is 0.293 e. The van der Waals surface area contributed by atoms with Gasteiger partial charge in [-0.1, -0.05) is 50.2 Å². The Hall–Kier alpha value is -4.13. The molecule has 0 aliphatic heterocycles. The van der Waals surface area contributed by atoms with Crippen LogP contribution in [0.15, 0.2) is 77.2 Å². The first-order valence-electron chi connectivity index (χ1n) is 10.5. The number of nitrogens with one attached hydrogen (secondary N) is 2. The molecule has 2 amide bonds. The van der Waals surface area contributed by atoms with Crippen molar-refractivity contribution in [2.45, 2.75) is 19.8 Å². The van der Waals surface area contributed by atoms with Crippen LogP contribution in [-0.4, -0.2) is 18.4 Å². The minimum absolute atomic E-state index is 0.00779. The molecule has 4 rings (SSSR count). The molecule has 0 bridgehead atoms. The predicted molar refractivity (Wildman–Crippen MR) is 125 cm³/mol. The van der Waals surface area contributed by atoms with Gasteiger partial charge in [0.2, 0.25) is 5.76 Å². The molecule has 6 nitrogen and oxygen atoms in total. The number of anilines is 2. The van der Waals surface area contributed by atoms with Gasteiger partial charge < -0.3 is 19.8 Å². The van der Waals surface area contributed by atoms with E-state index < -0.39 is 17.6 Å². The molecule has 0 saturated carbocycles. The molecule has 33 heavy (non-hydrogen) atoms. The third-order valence-corrected chi connectivity index (χ3v) is 5.10. The summed E-state index contributed by atoms with van der Waals surface area (Å²) < 4.78 is 25.2. The van der Waals surface area contributed by atoms with Crippen molar-refractivity contribution >= 4 is 34.2 Å². The van der Waals surface area contributed by atoms with E-state index in [2.05, 4.69) is 24.5 Å². The molecule has 0 atom stereocenters. The number of furan rings is 1. The standard InChI is InChI=1S/C26H23FN2O4/c1-16(2)17-11-13-18(14-12-17)32-15-23(30)29-24-19-7-3-6-10-22(19)33-25(24)26(31)28-21-9-5-4-8-20(21)27/h3-14,16H,15H2,1-2H3,(H,28,31)(H,29,30). The van der Waals surface area contributed by atoms with E-state index >= 15 is 0 Å². The van der Waals surface area contributed by atoms with E-state index in [0.717, 1.165) is 0 Å². The quantitative estimate of drug-likeness (QED) is 0.367. The number of carbonyl (C=O) groups excluding carboxylic acids is 2. The zero-order valence-electron chi connectivity index (χ0n) is 18.2. The van der Waals surface area contributed by atoms with E-state index in [-0.39, 0.29) is 23.7 Å². The maximum absolute atomic E-state index is 14.0. The minimum Gasteiger partial charge on any atom is -0.484 e. The van der Waals surface area contributed by atoms with E-state index in [1.54, 1.807) is 30.3 Å². The number of hydrogen-bond acceptors (Lipinski definition) is 4. The third kappa shape index (κ3) is 5.03. The molecular weight excluding hydrogens is 423 g/mol. The second-order valence-corrected chi connectivity index (χ2v) is 7.80. The van der Waals surface area contributed by atoms with Crippen LogP contribution < -0.4 is 15.4 Å². The molecule has 7 heteroatoms. The second kappa shape index (κ2) is 9.56. The summed E-state index contributed by atoms with van der Waals surface area (Å²) in [6, 6.07) is 20.2. The van der Waals surface area contributed by atoms with Crippen LogP contribution >= 0.6 is 0 Å². The zero-order valence-corrected chi connectivity index (χ0v) is 18.2. The van der Waals surface area contributed by atoms with Gasteiger partial charge in [-0.25, -0.2) is 4.39 Å². The van der Waals surface area contributed by atoms with Gasteiger partial charge in [0, 0.05) is 5.39 Å². The fraction of sp³-hybridized carbons (Fsp3) is 0.154. The summed E-state index contributed by atoms with van der Waals surface area (Å²) in [6.07, 6.45) is 0. The topological polar surface area (TPSA) is 80.6 Å². The summed E-state index contributed by atoms with van der Waals surface area (Å²) in [5.74, 6) is -0.903. The number of ether oxygens (including phenoxy) is 1. The smallest absolute Gasteiger partial charge is 0.293 e. The van der Waals surface area contributed by atoms with E-state index in [9.17, 15) is 14.0 Å². The summed E-state index contributed by atoms with van der Waals surface area (Å²) >= 11 is 0. The van der Waals surface area contributed by atoms with Gasteiger partial charge >= 0.3 is 0 Å². The summed E-state index contributed by atoms with van der Waals surface area (Å²) in [4.78, 5) is 25.5. The molecule has 2 N–H and O–H groups in total. The van der Waals surface area contributed by atoms with Crippen molar-refractivity contribution in [2.24, 2.45) is 0 Å². The molecule has 1 aromatic heterocycles. The molecule has 168 valence electrons. The molecule has 3 aromatic carbocycles. The van der Waals surface area contributed by atoms with Crippen molar-refractivity contribution in [3.8, 4) is 5.75 Å². The molecule has 0 unspecified atom stereocenters. The Kier molecular flexibility index (Phi) is 6.40. The van der Waals surface area contributed by atoms with Crippen LogP contribution in [0.1, 0.15) is 35.9 Å². The molecular formula is C26H23FN2O4. The lowest BCUT2D eigenvalue weighted by molar-refractivity contribution is -0.118. The second-order valence-electron chi connectivity index (χ2n) is 7.80. The Bertz CT molecular complexity index is 1300. The lowest BCUT2D eigenvalue weighted by Gasteiger charge is -2.10. The molecule has 0 fully saturated rings. The van der Waals surface area contributed by atoms with Gasteiger partial charge in [0.25, 0.3) is 11.8 Å². The van der Waals surface area contributed by atoms with Gasteiger partial charge in [0.05, 0.1) is 5.69 Å². The van der Waals surface area contributed by atoms with Crippen molar-refractivity contribution < 1.29 is 23.1 Å². The van der Waals surface area contributed by atoms with Crippen molar-refractivity contribution in [2.75, 3.05) is 17.2 Å². The average Bonchev–Trinajstić information content (AvgIpc) is 3.18.